The number of amides is 2. The van der Waals surface area contributed by atoms with Crippen LogP contribution in [0.1, 0.15) is 86.0 Å². The summed E-state index contributed by atoms with van der Waals surface area (Å²) >= 11 is 0. The third-order valence-electron chi connectivity index (χ3n) is 17.1. The van der Waals surface area contributed by atoms with Gasteiger partial charge >= 0.3 is 5.69 Å². The summed E-state index contributed by atoms with van der Waals surface area (Å²) in [6.07, 6.45) is 9.25. The van der Waals surface area contributed by atoms with E-state index in [0.29, 0.717) is 56.7 Å². The predicted octanol–water partition coefficient (Wildman–Crippen LogP) is 9.42. The largest absolute Gasteiger partial charge is 0.497 e. The van der Waals surface area contributed by atoms with Crippen molar-refractivity contribution in [2.24, 2.45) is 11.5 Å². The second kappa shape index (κ2) is 27.8. The summed E-state index contributed by atoms with van der Waals surface area (Å²) in [6, 6.07) is 46.5. The van der Waals surface area contributed by atoms with Crippen molar-refractivity contribution in [3.63, 3.8) is 0 Å². The number of carbonyl (C=O) groups excluding carboxylic acids is 2. The van der Waals surface area contributed by atoms with Gasteiger partial charge in [0.1, 0.15) is 17.4 Å². The Hall–Kier alpha value is -8.68. The lowest BCUT2D eigenvalue weighted by Gasteiger charge is -2.33. The summed E-state index contributed by atoms with van der Waals surface area (Å²) in [5.74, 6) is 3.34. The fourth-order valence-electron chi connectivity index (χ4n) is 12.7. The molecule has 2 fully saturated rings. The summed E-state index contributed by atoms with van der Waals surface area (Å²) in [6.45, 7) is 5.87. The van der Waals surface area contributed by atoms with Crippen molar-refractivity contribution in [2.75, 3.05) is 60.7 Å². The molecule has 4 aromatic heterocycles. The normalized spacial score (nSPS) is 16.1. The molecule has 2 aliphatic rings. The van der Waals surface area contributed by atoms with Gasteiger partial charge in [-0.25, -0.2) is 14.8 Å². The highest BCUT2D eigenvalue weighted by Crippen LogP contribution is 2.33. The molecule has 6 aromatic carbocycles. The summed E-state index contributed by atoms with van der Waals surface area (Å²) in [5.41, 5.74) is 22.1. The summed E-state index contributed by atoms with van der Waals surface area (Å²) < 4.78 is 23.9. The molecule has 12 rings (SSSR count). The number of carbonyl (C=O) groups is 2. The van der Waals surface area contributed by atoms with Gasteiger partial charge in [-0.3, -0.25) is 23.5 Å². The second-order valence-corrected chi connectivity index (χ2v) is 23.2. The molecule has 2 amide bonds. The first-order chi connectivity index (χ1) is 42.5. The Morgan fingerprint density at radius 2 is 1.13 bits per heavy atom. The SMILES string of the molecule is COCCCn1c([C@@H]2CCCN(C(=O)C[C@H](N)Cc3ccc(-n4c(=O)[nH]c5ccc(OC)cc54)cc3)C2)nc2ccccc21.COCCCn1c([C@@H]2CCCN(C(=O)C[C@H](N)Cc3ccc(-n4ccc5ccccc5c4=O)cc3)C2)nc2ccccc21. The van der Waals surface area contributed by atoms with E-state index in [1.54, 1.807) is 30.5 Å². The first kappa shape index (κ1) is 60.0. The molecule has 18 heteroatoms. The lowest BCUT2D eigenvalue weighted by Crippen LogP contribution is -2.42. The molecule has 18 nitrogen and oxygen atoms in total. The minimum atomic E-state index is -0.313. The molecule has 87 heavy (non-hydrogen) atoms. The molecule has 5 N–H and O–H groups in total. The number of rotatable bonds is 21. The van der Waals surface area contributed by atoms with Gasteiger partial charge in [0.05, 0.1) is 45.9 Å². The van der Waals surface area contributed by atoms with Crippen LogP contribution in [0, 0.1) is 0 Å². The average Bonchev–Trinajstić information content (AvgIpc) is 2.18. The number of aromatic nitrogens is 7. The molecule has 0 saturated carbocycles. The molecule has 452 valence electrons. The Kier molecular flexibility index (Phi) is 19.2. The van der Waals surface area contributed by atoms with Gasteiger partial charge < -0.3 is 49.6 Å². The van der Waals surface area contributed by atoms with Crippen LogP contribution < -0.4 is 27.5 Å². The molecule has 2 aliphatic heterocycles. The van der Waals surface area contributed by atoms with E-state index in [1.165, 1.54) is 0 Å². The molecule has 0 aliphatic carbocycles. The van der Waals surface area contributed by atoms with Crippen LogP contribution in [0.25, 0.3) is 55.2 Å². The van der Waals surface area contributed by atoms with E-state index in [9.17, 15) is 19.2 Å². The maximum Gasteiger partial charge on any atom is 0.331 e. The number of hydrogen-bond donors (Lipinski definition) is 3. The van der Waals surface area contributed by atoms with Crippen LogP contribution in [0.3, 0.4) is 0 Å². The zero-order valence-corrected chi connectivity index (χ0v) is 50.1. The molecule has 0 unspecified atom stereocenters. The van der Waals surface area contributed by atoms with Crippen LogP contribution in [-0.4, -0.2) is 128 Å². The van der Waals surface area contributed by atoms with E-state index in [1.807, 2.05) is 131 Å². The van der Waals surface area contributed by atoms with Gasteiger partial charge in [-0.1, -0.05) is 66.7 Å². The predicted molar refractivity (Wildman–Crippen MR) is 342 cm³/mol. The Labute approximate surface area is 506 Å². The number of nitrogens with two attached hydrogens (primary N) is 2. The second-order valence-electron chi connectivity index (χ2n) is 23.2. The number of fused-ring (bicyclic) bond motifs is 4. The van der Waals surface area contributed by atoms with Gasteiger partial charge in [0, 0.05) is 127 Å². The van der Waals surface area contributed by atoms with Crippen molar-refractivity contribution in [3.05, 3.63) is 195 Å². The number of imidazole rings is 3. The van der Waals surface area contributed by atoms with Crippen LogP contribution in [0.2, 0.25) is 0 Å². The fraction of sp³-hybridized carbons (Fsp3) is 0.362. The summed E-state index contributed by atoms with van der Waals surface area (Å²) in [5, 5.41) is 1.62. The fourth-order valence-corrected chi connectivity index (χ4v) is 12.7. The van der Waals surface area contributed by atoms with Gasteiger partial charge in [-0.05, 0) is 141 Å². The van der Waals surface area contributed by atoms with Gasteiger partial charge in [-0.2, -0.15) is 0 Å². The number of nitrogens with one attached hydrogen (secondary N) is 1. The Bertz CT molecular complexity index is 4110. The molecular weight excluding hydrogens is 1090 g/mol. The standard InChI is InChI=1S/C35H39N5O3.C34H40N6O4/c1-43-21-7-19-40-32-12-5-4-11-31(32)37-34(40)27-9-6-18-38(24-27)33(41)23-28(36)22-25-13-15-29(16-14-25)39-20-17-26-8-2-3-10-30(26)35(39)42;1-43-18-6-17-39-30-9-4-3-8-28(30)36-33(39)24-7-5-16-38(22-24)32(41)20-25(35)19-23-10-12-26(13-11-23)40-31-21-27(44-2)14-15-29(31)37-34(40)42/h2-5,8,10-17,20,27-28H,6-7,9,18-19,21-24,36H2,1H3;3-4,8-15,21,24-25H,5-7,16-20,22,35H2,1-2H3,(H,37,42)/t27-,28-;24-,25-/m11/s1. The van der Waals surface area contributed by atoms with E-state index in [4.69, 9.17) is 35.6 Å². The van der Waals surface area contributed by atoms with Crippen molar-refractivity contribution < 1.29 is 23.8 Å². The number of ether oxygens (including phenoxy) is 3. The zero-order valence-electron chi connectivity index (χ0n) is 50.1. The molecule has 0 bridgehead atoms. The van der Waals surface area contributed by atoms with Crippen molar-refractivity contribution in [2.45, 2.75) is 101 Å². The highest BCUT2D eigenvalue weighted by molar-refractivity contribution is 5.82. The minimum Gasteiger partial charge on any atom is -0.497 e. The number of hydrogen-bond acceptors (Lipinski definition) is 11. The number of nitrogens with zero attached hydrogens (tertiary/aromatic N) is 8. The van der Waals surface area contributed by atoms with Gasteiger partial charge in [-0.15, -0.1) is 0 Å². The van der Waals surface area contributed by atoms with Crippen molar-refractivity contribution in [1.29, 1.82) is 0 Å². The molecular formula is C69H79N11O7. The number of aromatic amines is 1. The Balaban J connectivity index is 0.000000180. The van der Waals surface area contributed by atoms with Crippen molar-refractivity contribution in [1.82, 2.24) is 43.0 Å². The van der Waals surface area contributed by atoms with Crippen LogP contribution in [0.5, 0.6) is 5.75 Å². The van der Waals surface area contributed by atoms with Crippen LogP contribution in [-0.2, 0) is 45.0 Å². The Morgan fingerprint density at radius 3 is 1.67 bits per heavy atom. The number of benzene rings is 6. The highest BCUT2D eigenvalue weighted by Gasteiger charge is 2.31. The van der Waals surface area contributed by atoms with Crippen LogP contribution in [0.15, 0.2) is 161 Å². The van der Waals surface area contributed by atoms with Crippen molar-refractivity contribution >= 4 is 55.7 Å². The summed E-state index contributed by atoms with van der Waals surface area (Å²) in [7, 11) is 5.06. The van der Waals surface area contributed by atoms with E-state index < -0.39 is 0 Å². The number of pyridine rings is 1. The number of methoxy groups -OCH3 is 3. The third kappa shape index (κ3) is 13.8. The maximum absolute atomic E-state index is 13.4. The lowest BCUT2D eigenvalue weighted by atomic mass is 9.96. The third-order valence-corrected chi connectivity index (χ3v) is 17.1. The number of para-hydroxylation sites is 4. The van der Waals surface area contributed by atoms with E-state index in [-0.39, 0.29) is 53.4 Å². The molecule has 0 spiro atoms. The number of H-pyrrole nitrogens is 1. The summed E-state index contributed by atoms with van der Waals surface area (Å²) in [4.78, 5) is 69.4. The monoisotopic (exact) mass is 1170 g/mol. The van der Waals surface area contributed by atoms with E-state index in [0.717, 1.165) is 137 Å². The topological polar surface area (TPSA) is 216 Å². The van der Waals surface area contributed by atoms with E-state index >= 15 is 0 Å². The smallest absolute Gasteiger partial charge is 0.331 e. The van der Waals surface area contributed by atoms with Gasteiger partial charge in [0.15, 0.2) is 0 Å². The van der Waals surface area contributed by atoms with Gasteiger partial charge in [0.2, 0.25) is 11.8 Å². The van der Waals surface area contributed by atoms with Gasteiger partial charge in [0.25, 0.3) is 5.56 Å². The first-order valence-corrected chi connectivity index (χ1v) is 30.5. The molecule has 10 aromatic rings. The zero-order chi connectivity index (χ0) is 60.4. The van der Waals surface area contributed by atoms with Crippen molar-refractivity contribution in [3.8, 4) is 17.1 Å². The maximum atomic E-state index is 13.4. The molecule has 6 heterocycles. The number of likely N-dealkylation sites (tertiary alicyclic amines) is 2. The Morgan fingerprint density at radius 1 is 0.609 bits per heavy atom. The highest BCUT2D eigenvalue weighted by atomic mass is 16.5. The first-order valence-electron chi connectivity index (χ1n) is 30.5. The van der Waals surface area contributed by atoms with E-state index in [2.05, 4.69) is 44.5 Å². The van der Waals surface area contributed by atoms with Crippen LogP contribution >= 0.6 is 0 Å². The molecule has 4 atom stereocenters. The quantitative estimate of drug-likeness (QED) is 0.0576. The lowest BCUT2D eigenvalue weighted by molar-refractivity contribution is -0.133. The number of aryl methyl sites for hydroxylation is 2. The van der Waals surface area contributed by atoms with Crippen LogP contribution in [0.4, 0.5) is 0 Å². The minimum absolute atomic E-state index is 0.0430. The molecule has 0 radical (unpaired) electrons. The molecule has 2 saturated heterocycles. The number of piperidine rings is 2. The average molecular weight is 1170 g/mol.